The van der Waals surface area contributed by atoms with E-state index in [1.54, 1.807) is 0 Å². The molecule has 5 heteroatoms. The van der Waals surface area contributed by atoms with Gasteiger partial charge in [-0.1, -0.05) is 36.4 Å². The van der Waals surface area contributed by atoms with Crippen LogP contribution >= 0.6 is 0 Å². The quantitative estimate of drug-likeness (QED) is 0.597. The predicted octanol–water partition coefficient (Wildman–Crippen LogP) is 2.36. The van der Waals surface area contributed by atoms with Crippen LogP contribution in [-0.2, 0) is 20.7 Å². The summed E-state index contributed by atoms with van der Waals surface area (Å²) >= 11 is 0. The van der Waals surface area contributed by atoms with Crippen LogP contribution < -0.4 is 0 Å². The molecule has 1 aliphatic heterocycles. The average Bonchev–Trinajstić information content (AvgIpc) is 2.85. The zero-order valence-corrected chi connectivity index (χ0v) is 12.5. The average molecular weight is 301 g/mol. The van der Waals surface area contributed by atoms with Gasteiger partial charge in [0.2, 0.25) is 5.91 Å². The van der Waals surface area contributed by atoms with Gasteiger partial charge in [-0.15, -0.1) is 6.58 Å². The number of carbonyl (C=O) groups is 3. The number of ether oxygens (including phenoxy) is 1. The molecule has 5 nitrogen and oxygen atoms in total. The van der Waals surface area contributed by atoms with Crippen LogP contribution in [0.4, 0.5) is 4.79 Å². The van der Waals surface area contributed by atoms with Gasteiger partial charge in [0, 0.05) is 0 Å². The van der Waals surface area contributed by atoms with E-state index in [-0.39, 0.29) is 24.9 Å². The van der Waals surface area contributed by atoms with Gasteiger partial charge in [0.05, 0.1) is 6.04 Å². The fourth-order valence-corrected chi connectivity index (χ4v) is 2.54. The molecule has 0 aliphatic carbocycles. The Morgan fingerprint density at radius 2 is 2.09 bits per heavy atom. The van der Waals surface area contributed by atoms with Crippen molar-refractivity contribution in [1.29, 1.82) is 0 Å². The van der Waals surface area contributed by atoms with Crippen LogP contribution in [0.1, 0.15) is 18.9 Å². The first-order chi connectivity index (χ1) is 10.5. The number of allylic oxidation sites excluding steroid dienone is 1. The molecule has 116 valence electrons. The second kappa shape index (κ2) is 7.02. The molecule has 1 aromatic carbocycles. The van der Waals surface area contributed by atoms with E-state index in [1.165, 1.54) is 13.0 Å². The molecule has 2 rings (SSSR count). The molecule has 0 N–H and O–H groups in total. The zero-order valence-electron chi connectivity index (χ0n) is 12.5. The summed E-state index contributed by atoms with van der Waals surface area (Å²) < 4.78 is 5.01. The van der Waals surface area contributed by atoms with Crippen molar-refractivity contribution in [2.75, 3.05) is 6.61 Å². The van der Waals surface area contributed by atoms with E-state index >= 15 is 0 Å². The molecule has 0 spiro atoms. The molecule has 0 radical (unpaired) electrons. The van der Waals surface area contributed by atoms with Crippen LogP contribution in [0, 0.1) is 5.92 Å². The highest BCUT2D eigenvalue weighted by atomic mass is 16.6. The minimum atomic E-state index is -0.874. The fraction of sp³-hybridized carbons (Fsp3) is 0.353. The Morgan fingerprint density at radius 3 is 2.68 bits per heavy atom. The third-order valence-corrected chi connectivity index (χ3v) is 3.70. The smallest absolute Gasteiger partial charge is 0.417 e. The van der Waals surface area contributed by atoms with Crippen molar-refractivity contribution in [2.45, 2.75) is 25.8 Å². The summed E-state index contributed by atoms with van der Waals surface area (Å²) in [5.74, 6) is -1.65. The topological polar surface area (TPSA) is 63.7 Å². The lowest BCUT2D eigenvalue weighted by Gasteiger charge is -2.23. The molecular weight excluding hydrogens is 282 g/mol. The Morgan fingerprint density at radius 1 is 1.41 bits per heavy atom. The molecule has 2 amide bonds. The lowest BCUT2D eigenvalue weighted by molar-refractivity contribution is -0.138. The summed E-state index contributed by atoms with van der Waals surface area (Å²) in [7, 11) is 0. The predicted molar refractivity (Wildman–Crippen MR) is 81.1 cm³/mol. The Hall–Kier alpha value is -2.43. The number of imide groups is 1. The first kappa shape index (κ1) is 15.9. The van der Waals surface area contributed by atoms with Gasteiger partial charge in [-0.2, -0.15) is 0 Å². The number of hydrogen-bond donors (Lipinski definition) is 0. The van der Waals surface area contributed by atoms with Gasteiger partial charge >= 0.3 is 6.09 Å². The molecule has 1 fully saturated rings. The van der Waals surface area contributed by atoms with Crippen LogP contribution in [0.3, 0.4) is 0 Å². The zero-order chi connectivity index (χ0) is 16.1. The van der Waals surface area contributed by atoms with Crippen LogP contribution in [0.15, 0.2) is 43.0 Å². The second-order valence-electron chi connectivity index (χ2n) is 5.32. The van der Waals surface area contributed by atoms with Crippen LogP contribution in [0.5, 0.6) is 0 Å². The lowest BCUT2D eigenvalue weighted by Crippen LogP contribution is -2.45. The van der Waals surface area contributed by atoms with Crippen molar-refractivity contribution in [2.24, 2.45) is 5.92 Å². The number of carbonyl (C=O) groups excluding carboxylic acids is 3. The number of amides is 2. The lowest BCUT2D eigenvalue weighted by atomic mass is 9.98. The molecule has 1 heterocycles. The summed E-state index contributed by atoms with van der Waals surface area (Å²) in [6.45, 7) is 5.06. The minimum Gasteiger partial charge on any atom is -0.447 e. The highest BCUT2D eigenvalue weighted by molar-refractivity contribution is 6.06. The van der Waals surface area contributed by atoms with Crippen LogP contribution in [0.25, 0.3) is 0 Å². The number of Topliss-reactive ketones (excluding diaryl/α,β-unsaturated/α-hetero) is 1. The first-order valence-corrected chi connectivity index (χ1v) is 7.19. The Balaban J connectivity index is 2.18. The van der Waals surface area contributed by atoms with Crippen molar-refractivity contribution < 1.29 is 19.1 Å². The molecular formula is C17H19NO4. The van der Waals surface area contributed by atoms with Crippen LogP contribution in [0.2, 0.25) is 0 Å². The SMILES string of the molecule is C=CC[C@@H](C(C)=O)C(=O)N1C(=O)OC[C@@H]1Cc1ccccc1. The monoisotopic (exact) mass is 301 g/mol. The molecule has 1 saturated heterocycles. The maximum absolute atomic E-state index is 12.5. The highest BCUT2D eigenvalue weighted by Crippen LogP contribution is 2.21. The van der Waals surface area contributed by atoms with E-state index in [0.29, 0.717) is 6.42 Å². The number of hydrogen-bond acceptors (Lipinski definition) is 4. The summed E-state index contributed by atoms with van der Waals surface area (Å²) in [5, 5.41) is 0. The molecule has 1 aromatic rings. The summed E-state index contributed by atoms with van der Waals surface area (Å²) in [5.41, 5.74) is 1.01. The number of rotatable bonds is 6. The van der Waals surface area contributed by atoms with Crippen molar-refractivity contribution in [3.63, 3.8) is 0 Å². The third kappa shape index (κ3) is 3.42. The third-order valence-electron chi connectivity index (χ3n) is 3.70. The normalized spacial score (nSPS) is 18.7. The van der Waals surface area contributed by atoms with Crippen LogP contribution in [-0.4, -0.2) is 35.3 Å². The number of cyclic esters (lactones) is 1. The van der Waals surface area contributed by atoms with E-state index in [2.05, 4.69) is 6.58 Å². The van der Waals surface area contributed by atoms with Gasteiger partial charge in [-0.3, -0.25) is 9.59 Å². The molecule has 22 heavy (non-hydrogen) atoms. The molecule has 0 aromatic heterocycles. The van der Waals surface area contributed by atoms with Crippen molar-refractivity contribution in [3.05, 3.63) is 48.6 Å². The second-order valence-corrected chi connectivity index (χ2v) is 5.32. The molecule has 1 aliphatic rings. The number of ketones is 1. The van der Waals surface area contributed by atoms with E-state index in [1.807, 2.05) is 30.3 Å². The van der Waals surface area contributed by atoms with Gasteiger partial charge in [-0.05, 0) is 25.3 Å². The summed E-state index contributed by atoms with van der Waals surface area (Å²) in [6, 6.07) is 9.17. The van der Waals surface area contributed by atoms with E-state index in [0.717, 1.165) is 10.5 Å². The fourth-order valence-electron chi connectivity index (χ4n) is 2.54. The maximum Gasteiger partial charge on any atom is 0.417 e. The number of nitrogens with zero attached hydrogens (tertiary/aromatic N) is 1. The molecule has 0 unspecified atom stereocenters. The highest BCUT2D eigenvalue weighted by Gasteiger charge is 2.41. The molecule has 2 atom stereocenters. The minimum absolute atomic E-state index is 0.151. The van der Waals surface area contributed by atoms with E-state index in [4.69, 9.17) is 4.74 Å². The Labute approximate surface area is 129 Å². The van der Waals surface area contributed by atoms with Gasteiger partial charge in [-0.25, -0.2) is 9.69 Å². The summed E-state index contributed by atoms with van der Waals surface area (Å²) in [6.07, 6.45) is 1.56. The van der Waals surface area contributed by atoms with Gasteiger partial charge in [0.15, 0.2) is 0 Å². The summed E-state index contributed by atoms with van der Waals surface area (Å²) in [4.78, 5) is 37.2. The van der Waals surface area contributed by atoms with E-state index < -0.39 is 17.9 Å². The Kier molecular flexibility index (Phi) is 5.09. The molecule has 0 saturated carbocycles. The number of benzene rings is 1. The van der Waals surface area contributed by atoms with Crippen molar-refractivity contribution in [3.8, 4) is 0 Å². The first-order valence-electron chi connectivity index (χ1n) is 7.19. The standard InChI is InChI=1S/C17H19NO4/c1-3-7-15(12(2)19)16(20)18-14(11-22-17(18)21)10-13-8-5-4-6-9-13/h3-6,8-9,14-15H,1,7,10-11H2,2H3/t14-,15-/m0/s1. The van der Waals surface area contributed by atoms with E-state index in [9.17, 15) is 14.4 Å². The maximum atomic E-state index is 12.5. The van der Waals surface area contributed by atoms with Gasteiger partial charge in [0.25, 0.3) is 0 Å². The Bertz CT molecular complexity index is 582. The van der Waals surface area contributed by atoms with Gasteiger partial charge < -0.3 is 4.74 Å². The largest absolute Gasteiger partial charge is 0.447 e. The van der Waals surface area contributed by atoms with Crippen molar-refractivity contribution in [1.82, 2.24) is 4.90 Å². The van der Waals surface area contributed by atoms with Gasteiger partial charge in [0.1, 0.15) is 18.3 Å². The van der Waals surface area contributed by atoms with Crippen molar-refractivity contribution >= 4 is 17.8 Å². The molecule has 0 bridgehead atoms.